The number of ether oxygens (including phenoxy) is 1. The van der Waals surface area contributed by atoms with Crippen molar-refractivity contribution < 1.29 is 23.0 Å². The monoisotopic (exact) mass is 219 g/mol. The van der Waals surface area contributed by atoms with Crippen LogP contribution in [0.15, 0.2) is 23.3 Å². The van der Waals surface area contributed by atoms with Gasteiger partial charge in [0, 0.05) is 11.0 Å². The van der Waals surface area contributed by atoms with Crippen molar-refractivity contribution in [1.82, 2.24) is 0 Å². The van der Waals surface area contributed by atoms with Gasteiger partial charge < -0.3 is 9.84 Å². The molecule has 0 aromatic heterocycles. The number of aromatic hydroxyl groups is 1. The lowest BCUT2D eigenvalue weighted by molar-refractivity contribution is -0.274. The van der Waals surface area contributed by atoms with Gasteiger partial charge in [0.1, 0.15) is 11.5 Å². The maximum Gasteiger partial charge on any atom is 0.573 e. The van der Waals surface area contributed by atoms with Crippen molar-refractivity contribution in [2.24, 2.45) is 5.11 Å². The van der Waals surface area contributed by atoms with Gasteiger partial charge in [-0.2, -0.15) is 0 Å². The van der Waals surface area contributed by atoms with Gasteiger partial charge in [-0.15, -0.1) is 13.2 Å². The molecule has 1 N–H and O–H groups in total. The van der Waals surface area contributed by atoms with Crippen molar-refractivity contribution in [1.29, 1.82) is 0 Å². The van der Waals surface area contributed by atoms with Crippen molar-refractivity contribution in [3.8, 4) is 11.5 Å². The SMILES string of the molecule is [N-]=[N+]=Nc1ccc(O)cc1OC(F)(F)F. The summed E-state index contributed by atoms with van der Waals surface area (Å²) in [7, 11) is 0. The van der Waals surface area contributed by atoms with Crippen LogP contribution in [0.25, 0.3) is 10.4 Å². The maximum absolute atomic E-state index is 11.9. The smallest absolute Gasteiger partial charge is 0.508 e. The molecular weight excluding hydrogens is 215 g/mol. The molecule has 0 saturated heterocycles. The van der Waals surface area contributed by atoms with E-state index >= 15 is 0 Å². The number of phenolic OH excluding ortho intramolecular Hbond substituents is 1. The number of hydrogen-bond acceptors (Lipinski definition) is 3. The molecule has 1 rings (SSSR count). The third-order valence-electron chi connectivity index (χ3n) is 1.32. The largest absolute Gasteiger partial charge is 0.573 e. The number of azide groups is 1. The van der Waals surface area contributed by atoms with Crippen molar-refractivity contribution >= 4 is 5.69 Å². The van der Waals surface area contributed by atoms with E-state index in [-0.39, 0.29) is 5.69 Å². The molecule has 0 spiro atoms. The summed E-state index contributed by atoms with van der Waals surface area (Å²) in [6, 6.07) is 2.79. The second-order valence-electron chi connectivity index (χ2n) is 2.39. The van der Waals surface area contributed by atoms with Crippen LogP contribution in [0.4, 0.5) is 18.9 Å². The van der Waals surface area contributed by atoms with Crippen LogP contribution in [-0.4, -0.2) is 11.5 Å². The van der Waals surface area contributed by atoms with Gasteiger partial charge >= 0.3 is 6.36 Å². The molecule has 15 heavy (non-hydrogen) atoms. The van der Waals surface area contributed by atoms with Crippen molar-refractivity contribution in [3.63, 3.8) is 0 Å². The number of hydrogen-bond donors (Lipinski definition) is 1. The molecule has 0 aliphatic carbocycles. The summed E-state index contributed by atoms with van der Waals surface area (Å²) in [5, 5.41) is 11.9. The Labute approximate surface area is 81.3 Å². The lowest BCUT2D eigenvalue weighted by Gasteiger charge is -2.10. The van der Waals surface area contributed by atoms with Gasteiger partial charge in [-0.1, -0.05) is 5.11 Å². The van der Waals surface area contributed by atoms with Crippen LogP contribution >= 0.6 is 0 Å². The van der Waals surface area contributed by atoms with Crippen LogP contribution in [0.3, 0.4) is 0 Å². The van der Waals surface area contributed by atoms with Gasteiger partial charge in [0.05, 0.1) is 5.69 Å². The molecule has 0 atom stereocenters. The van der Waals surface area contributed by atoms with E-state index in [9.17, 15) is 13.2 Å². The second kappa shape index (κ2) is 3.97. The van der Waals surface area contributed by atoms with Gasteiger partial charge in [0.25, 0.3) is 0 Å². The highest BCUT2D eigenvalue weighted by Gasteiger charge is 2.32. The molecule has 0 unspecified atom stereocenters. The lowest BCUT2D eigenvalue weighted by atomic mass is 10.3. The zero-order valence-corrected chi connectivity index (χ0v) is 7.06. The minimum absolute atomic E-state index is 0.354. The Morgan fingerprint density at radius 3 is 2.60 bits per heavy atom. The molecular formula is C7H4F3N3O2. The minimum atomic E-state index is -4.91. The summed E-state index contributed by atoms with van der Waals surface area (Å²) in [5.41, 5.74) is 7.72. The summed E-state index contributed by atoms with van der Waals surface area (Å²) in [6.45, 7) is 0. The molecule has 0 heterocycles. The van der Waals surface area contributed by atoms with Crippen LogP contribution in [0.2, 0.25) is 0 Å². The Hall–Kier alpha value is -2.08. The highest BCUT2D eigenvalue weighted by molar-refractivity contribution is 5.54. The topological polar surface area (TPSA) is 78.2 Å². The number of benzene rings is 1. The summed E-state index contributed by atoms with van der Waals surface area (Å²) < 4.78 is 39.1. The Kier molecular flexibility index (Phi) is 2.91. The molecule has 0 fully saturated rings. The molecule has 0 saturated carbocycles. The molecule has 1 aromatic rings. The standard InChI is InChI=1S/C7H4F3N3O2/c8-7(9,10)15-6-3-4(14)1-2-5(6)12-13-11/h1-3,14H. The first-order valence-corrected chi connectivity index (χ1v) is 3.56. The van der Waals surface area contributed by atoms with E-state index in [1.165, 1.54) is 0 Å². The molecule has 0 bridgehead atoms. The zero-order valence-electron chi connectivity index (χ0n) is 7.06. The summed E-state index contributed by atoms with van der Waals surface area (Å²) in [6.07, 6.45) is -4.91. The van der Waals surface area contributed by atoms with Crippen molar-refractivity contribution in [2.45, 2.75) is 6.36 Å². The average Bonchev–Trinajstić information content (AvgIpc) is 2.07. The third kappa shape index (κ3) is 3.28. The van der Waals surface area contributed by atoms with Gasteiger partial charge in [-0.05, 0) is 17.7 Å². The normalized spacial score (nSPS) is 10.6. The first-order valence-electron chi connectivity index (χ1n) is 3.56. The fourth-order valence-electron chi connectivity index (χ4n) is 0.840. The summed E-state index contributed by atoms with van der Waals surface area (Å²) in [5.74, 6) is -1.17. The van der Waals surface area contributed by atoms with E-state index in [1.807, 2.05) is 0 Å². The van der Waals surface area contributed by atoms with Gasteiger partial charge in [0.2, 0.25) is 0 Å². The van der Waals surface area contributed by atoms with Crippen molar-refractivity contribution in [2.75, 3.05) is 0 Å². The Morgan fingerprint density at radius 2 is 2.07 bits per heavy atom. The van der Waals surface area contributed by atoms with E-state index in [0.717, 1.165) is 12.1 Å². The summed E-state index contributed by atoms with van der Waals surface area (Å²) >= 11 is 0. The molecule has 0 radical (unpaired) electrons. The molecule has 8 heteroatoms. The number of phenols is 1. The minimum Gasteiger partial charge on any atom is -0.508 e. The van der Waals surface area contributed by atoms with E-state index in [1.54, 1.807) is 0 Å². The van der Waals surface area contributed by atoms with Crippen LogP contribution < -0.4 is 4.74 Å². The molecule has 1 aromatic carbocycles. The number of nitrogens with zero attached hydrogens (tertiary/aromatic N) is 3. The molecule has 5 nitrogen and oxygen atoms in total. The summed E-state index contributed by atoms with van der Waals surface area (Å²) in [4.78, 5) is 2.32. The highest BCUT2D eigenvalue weighted by atomic mass is 19.4. The Balaban J connectivity index is 3.13. The quantitative estimate of drug-likeness (QED) is 0.470. The Morgan fingerprint density at radius 1 is 1.40 bits per heavy atom. The van der Waals surface area contributed by atoms with Gasteiger partial charge in [-0.3, -0.25) is 0 Å². The fraction of sp³-hybridized carbons (Fsp3) is 0.143. The first kappa shape index (κ1) is 11.0. The van der Waals surface area contributed by atoms with Gasteiger partial charge in [-0.25, -0.2) is 0 Å². The van der Waals surface area contributed by atoms with E-state index in [2.05, 4.69) is 14.8 Å². The molecule has 80 valence electrons. The van der Waals surface area contributed by atoms with E-state index in [4.69, 9.17) is 10.6 Å². The van der Waals surface area contributed by atoms with Crippen LogP contribution in [0.1, 0.15) is 0 Å². The fourth-order valence-corrected chi connectivity index (χ4v) is 0.840. The molecule has 0 aliphatic rings. The maximum atomic E-state index is 11.9. The predicted octanol–water partition coefficient (Wildman–Crippen LogP) is 3.23. The van der Waals surface area contributed by atoms with E-state index < -0.39 is 17.9 Å². The molecule has 0 aliphatic heterocycles. The van der Waals surface area contributed by atoms with Crippen LogP contribution in [-0.2, 0) is 0 Å². The van der Waals surface area contributed by atoms with Crippen LogP contribution in [0.5, 0.6) is 11.5 Å². The number of rotatable bonds is 2. The first-order chi connectivity index (χ1) is 6.92. The predicted molar refractivity (Wildman–Crippen MR) is 43.6 cm³/mol. The number of halogens is 3. The Bertz CT molecular complexity index is 412. The lowest BCUT2D eigenvalue weighted by Crippen LogP contribution is -2.17. The molecule has 0 amide bonds. The zero-order chi connectivity index (χ0) is 11.5. The van der Waals surface area contributed by atoms with Gasteiger partial charge in [0.15, 0.2) is 0 Å². The van der Waals surface area contributed by atoms with Crippen LogP contribution in [0, 0.1) is 0 Å². The third-order valence-corrected chi connectivity index (χ3v) is 1.32. The average molecular weight is 219 g/mol. The van der Waals surface area contributed by atoms with E-state index in [0.29, 0.717) is 6.07 Å². The van der Waals surface area contributed by atoms with Crippen molar-refractivity contribution in [3.05, 3.63) is 28.6 Å². The number of alkyl halides is 3. The highest BCUT2D eigenvalue weighted by Crippen LogP contribution is 2.35. The second-order valence-corrected chi connectivity index (χ2v) is 2.39.